The van der Waals surface area contributed by atoms with E-state index in [9.17, 15) is 14.7 Å². The van der Waals surface area contributed by atoms with Gasteiger partial charge in [-0.05, 0) is 0 Å². The molecule has 0 unspecified atom stereocenters. The minimum absolute atomic E-state index is 0.0393. The summed E-state index contributed by atoms with van der Waals surface area (Å²) in [6, 6.07) is 19.3. The molecule has 180 valence electrons. The molecule has 3 N–H and O–H groups in total. The number of hydrogen-bond donors (Lipinski definition) is 3. The van der Waals surface area contributed by atoms with E-state index in [4.69, 9.17) is 0 Å². The quantitative estimate of drug-likeness (QED) is 0.200. The van der Waals surface area contributed by atoms with Gasteiger partial charge in [0, 0.05) is 0 Å². The third-order valence-corrected chi connectivity index (χ3v) is 10.2. The molecule has 0 aromatic heterocycles. The molecule has 0 amide bonds. The van der Waals surface area contributed by atoms with Crippen LogP contribution < -0.4 is 0 Å². The van der Waals surface area contributed by atoms with Crippen molar-refractivity contribution in [1.29, 1.82) is 0 Å². The Balaban J connectivity index is 2.46. The molecular weight excluding hydrogens is 415 g/mol. The molecule has 0 spiro atoms. The molecule has 0 aliphatic carbocycles. The predicted octanol–water partition coefficient (Wildman–Crippen LogP) is 7.64. The first-order valence-corrected chi connectivity index (χ1v) is 14.7. The first-order chi connectivity index (χ1) is 15.1. The summed E-state index contributed by atoms with van der Waals surface area (Å²) < 4.78 is 0. The summed E-state index contributed by atoms with van der Waals surface area (Å²) in [6.07, 6.45) is 7.14. The Morgan fingerprint density at radius 2 is 1.06 bits per heavy atom. The molecule has 4 heteroatoms. The third kappa shape index (κ3) is 6.87. The molecule has 2 rings (SSSR count). The van der Waals surface area contributed by atoms with Crippen LogP contribution in [0.3, 0.4) is 0 Å². The van der Waals surface area contributed by atoms with Gasteiger partial charge >= 0.3 is 196 Å². The van der Waals surface area contributed by atoms with E-state index >= 15 is 0 Å². The van der Waals surface area contributed by atoms with E-state index in [0.29, 0.717) is 24.7 Å². The Labute approximate surface area is 196 Å². The van der Waals surface area contributed by atoms with Gasteiger partial charge in [0.05, 0.1) is 0 Å². The monoisotopic (exact) mass is 460 g/mol. The van der Waals surface area contributed by atoms with Gasteiger partial charge in [-0.15, -0.1) is 0 Å². The van der Waals surface area contributed by atoms with E-state index in [1.54, 1.807) is 0 Å². The topological polar surface area (TPSA) is 60.7 Å². The van der Waals surface area contributed by atoms with Crippen LogP contribution in [0.4, 0.5) is 0 Å². The Morgan fingerprint density at radius 3 is 1.50 bits per heavy atom. The van der Waals surface area contributed by atoms with Gasteiger partial charge in [-0.1, -0.05) is 0 Å². The van der Waals surface area contributed by atoms with Crippen LogP contribution in [0.25, 0.3) is 0 Å². The molecule has 2 aromatic rings. The number of benzene rings is 2. The van der Waals surface area contributed by atoms with Crippen molar-refractivity contribution < 1.29 is 14.7 Å². The van der Waals surface area contributed by atoms with Crippen LogP contribution in [0, 0.1) is 11.8 Å². The van der Waals surface area contributed by atoms with Crippen LogP contribution in [0.1, 0.15) is 90.2 Å². The van der Waals surface area contributed by atoms with E-state index in [1.165, 1.54) is 0 Å². The number of unbranched alkanes of at least 4 members (excludes halogenated alkanes) is 3. The van der Waals surface area contributed by atoms with Crippen molar-refractivity contribution in [3.63, 3.8) is 0 Å². The molecular formula is C28H45O3P. The molecule has 2 aromatic carbocycles. The Morgan fingerprint density at radius 1 is 0.625 bits per heavy atom. The molecule has 0 fully saturated rings. The fourth-order valence-corrected chi connectivity index (χ4v) is 8.06. The number of hydrogen-bond acceptors (Lipinski definition) is 3. The van der Waals surface area contributed by atoms with Gasteiger partial charge in [-0.3, -0.25) is 0 Å². The second-order valence-electron chi connectivity index (χ2n) is 10.3. The van der Waals surface area contributed by atoms with Gasteiger partial charge in [0.1, 0.15) is 0 Å². The average molecular weight is 461 g/mol. The molecule has 0 saturated carbocycles. The van der Waals surface area contributed by atoms with Gasteiger partial charge in [-0.25, -0.2) is 0 Å². The third-order valence-electron chi connectivity index (χ3n) is 6.71. The van der Waals surface area contributed by atoms with E-state index < -0.39 is 12.4 Å². The van der Waals surface area contributed by atoms with Gasteiger partial charge in [-0.2, -0.15) is 0 Å². The van der Waals surface area contributed by atoms with Crippen molar-refractivity contribution in [2.75, 3.05) is 6.16 Å². The van der Waals surface area contributed by atoms with Gasteiger partial charge < -0.3 is 0 Å². The van der Waals surface area contributed by atoms with Crippen molar-refractivity contribution in [3.05, 3.63) is 71.8 Å². The maximum absolute atomic E-state index is 11.9. The first kappa shape index (κ1) is 27.0. The second-order valence-corrected chi connectivity index (χ2v) is 13.9. The standard InChI is InChI=1S/C28H45O3P/c1-24(2)16-8-7-15-23-32(29,30,31)28(22-14-13-17-25(3)4,26-18-9-5-10-19-26)27-20-11-6-12-21-27/h5-6,9-12,18-21,24-25,29-31H,7-8,13-17,22-23H2,1-4H3. The van der Waals surface area contributed by atoms with E-state index in [1.807, 2.05) is 60.7 Å². The summed E-state index contributed by atoms with van der Waals surface area (Å²) in [5.74, 6) is 1.24. The molecule has 0 heterocycles. The zero-order chi connectivity index (χ0) is 23.7. The molecule has 3 nitrogen and oxygen atoms in total. The molecule has 0 bridgehead atoms. The normalized spacial score (nSPS) is 14.0. The summed E-state index contributed by atoms with van der Waals surface area (Å²) in [7, 11) is -5.12. The van der Waals surface area contributed by atoms with Crippen LogP contribution in [0.15, 0.2) is 60.7 Å². The van der Waals surface area contributed by atoms with Crippen LogP contribution in [-0.4, -0.2) is 20.8 Å². The van der Waals surface area contributed by atoms with Crippen LogP contribution in [0.5, 0.6) is 0 Å². The second kappa shape index (κ2) is 11.7. The SMILES string of the molecule is CC(C)CCCCCP(O)(O)(O)C(CCCCC(C)C)(c1ccccc1)c1ccccc1. The molecule has 0 atom stereocenters. The van der Waals surface area contributed by atoms with E-state index in [0.717, 1.165) is 49.7 Å². The van der Waals surface area contributed by atoms with Crippen molar-refractivity contribution in [2.45, 2.75) is 84.2 Å². The zero-order valence-corrected chi connectivity index (χ0v) is 21.5. The fourth-order valence-electron chi connectivity index (χ4n) is 4.90. The molecule has 0 radical (unpaired) electrons. The molecule has 32 heavy (non-hydrogen) atoms. The van der Waals surface area contributed by atoms with Crippen molar-refractivity contribution in [3.8, 4) is 0 Å². The van der Waals surface area contributed by atoms with Crippen LogP contribution >= 0.6 is 7.28 Å². The van der Waals surface area contributed by atoms with Crippen LogP contribution in [0.2, 0.25) is 0 Å². The van der Waals surface area contributed by atoms with Gasteiger partial charge in [0.25, 0.3) is 0 Å². The first-order valence-electron chi connectivity index (χ1n) is 12.4. The Hall–Kier alpha value is -1.25. The van der Waals surface area contributed by atoms with Crippen LogP contribution in [-0.2, 0) is 5.16 Å². The van der Waals surface area contributed by atoms with E-state index in [-0.39, 0.29) is 6.16 Å². The fraction of sp³-hybridized carbons (Fsp3) is 0.571. The van der Waals surface area contributed by atoms with Crippen molar-refractivity contribution in [1.82, 2.24) is 0 Å². The summed E-state index contributed by atoms with van der Waals surface area (Å²) in [6.45, 7) is 8.83. The summed E-state index contributed by atoms with van der Waals surface area (Å²) in [5.41, 5.74) is 1.59. The van der Waals surface area contributed by atoms with E-state index in [2.05, 4.69) is 27.7 Å². The number of rotatable bonds is 14. The predicted molar refractivity (Wildman–Crippen MR) is 139 cm³/mol. The molecule has 0 saturated heterocycles. The van der Waals surface area contributed by atoms with Crippen molar-refractivity contribution >= 4 is 7.28 Å². The molecule has 0 aliphatic rings. The maximum atomic E-state index is 11.9. The molecule has 0 aliphatic heterocycles. The minimum atomic E-state index is -5.12. The Bertz CT molecular complexity index is 739. The summed E-state index contributed by atoms with van der Waals surface area (Å²) >= 11 is 0. The average Bonchev–Trinajstić information content (AvgIpc) is 2.74. The Kier molecular flexibility index (Phi) is 9.91. The van der Waals surface area contributed by atoms with Gasteiger partial charge in [0.2, 0.25) is 0 Å². The summed E-state index contributed by atoms with van der Waals surface area (Å²) in [5, 5.41) is -1.21. The zero-order valence-electron chi connectivity index (χ0n) is 20.6. The summed E-state index contributed by atoms with van der Waals surface area (Å²) in [4.78, 5) is 35.6. The van der Waals surface area contributed by atoms with Crippen molar-refractivity contribution in [2.24, 2.45) is 11.8 Å². The van der Waals surface area contributed by atoms with Gasteiger partial charge in [0.15, 0.2) is 0 Å².